The molecule has 0 unspecified atom stereocenters. The van der Waals surface area contributed by atoms with Crippen molar-refractivity contribution in [1.29, 1.82) is 0 Å². The second-order valence-corrected chi connectivity index (χ2v) is 10.3. The number of benzene rings is 2. The van der Waals surface area contributed by atoms with Gasteiger partial charge in [-0.1, -0.05) is 31.2 Å². The molecular weight excluding hydrogens is 433 g/mol. The lowest BCUT2D eigenvalue weighted by Gasteiger charge is -2.46. The summed E-state index contributed by atoms with van der Waals surface area (Å²) in [5, 5.41) is 2.79. The first kappa shape index (κ1) is 23.9. The molecule has 1 atom stereocenters. The molecule has 0 aliphatic carbocycles. The Morgan fingerprint density at radius 1 is 1.12 bits per heavy atom. The number of anilines is 1. The fourth-order valence-corrected chi connectivity index (χ4v) is 4.96. The summed E-state index contributed by atoms with van der Waals surface area (Å²) in [6.07, 6.45) is 0.750. The third-order valence-electron chi connectivity index (χ3n) is 5.73. The molecule has 1 N–H and O–H groups in total. The van der Waals surface area contributed by atoms with Crippen LogP contribution in [0.3, 0.4) is 0 Å². The number of amides is 2. The normalized spacial score (nSPS) is 19.8. The Kier molecular flexibility index (Phi) is 7.00. The molecule has 172 valence electrons. The Morgan fingerprint density at radius 3 is 2.44 bits per heavy atom. The van der Waals surface area contributed by atoms with Gasteiger partial charge in [-0.05, 0) is 55.7 Å². The van der Waals surface area contributed by atoms with E-state index in [-0.39, 0.29) is 31.2 Å². The topological polar surface area (TPSA) is 86.8 Å². The van der Waals surface area contributed by atoms with Crippen molar-refractivity contribution >= 4 is 27.5 Å². The van der Waals surface area contributed by atoms with Gasteiger partial charge < -0.3 is 5.32 Å². The molecule has 0 aromatic heterocycles. The maximum Gasteiger partial charge on any atom is 0.247 e. The summed E-state index contributed by atoms with van der Waals surface area (Å²) >= 11 is 0. The van der Waals surface area contributed by atoms with E-state index in [0.717, 1.165) is 16.3 Å². The average Bonchev–Trinajstić information content (AvgIpc) is 2.78. The molecule has 2 amide bonds. The summed E-state index contributed by atoms with van der Waals surface area (Å²) in [6, 6.07) is 13.0. The predicted molar refractivity (Wildman–Crippen MR) is 121 cm³/mol. The number of hydrogen-bond acceptors (Lipinski definition) is 4. The molecule has 2 aromatic rings. The van der Waals surface area contributed by atoms with Crippen LogP contribution in [0, 0.1) is 5.82 Å². The Morgan fingerprint density at radius 2 is 1.81 bits per heavy atom. The summed E-state index contributed by atoms with van der Waals surface area (Å²) in [5.41, 5.74) is 0.752. The first-order chi connectivity index (χ1) is 15.1. The highest BCUT2D eigenvalue weighted by Gasteiger charge is 2.50. The Bertz CT molecular complexity index is 1100. The molecule has 1 aliphatic rings. The number of aryl methyl sites for hydroxylation is 1. The van der Waals surface area contributed by atoms with E-state index in [1.54, 1.807) is 25.1 Å². The summed E-state index contributed by atoms with van der Waals surface area (Å²) in [7, 11) is -3.68. The van der Waals surface area contributed by atoms with Gasteiger partial charge in [0.2, 0.25) is 21.8 Å². The van der Waals surface area contributed by atoms with E-state index in [1.807, 2.05) is 25.1 Å². The van der Waals surface area contributed by atoms with E-state index < -0.39 is 27.4 Å². The van der Waals surface area contributed by atoms with Gasteiger partial charge in [0.15, 0.2) is 0 Å². The largest absolute Gasteiger partial charge is 0.350 e. The summed E-state index contributed by atoms with van der Waals surface area (Å²) in [4.78, 5) is 28.0. The van der Waals surface area contributed by atoms with E-state index in [4.69, 9.17) is 0 Å². The Labute approximate surface area is 188 Å². The molecule has 1 aliphatic heterocycles. The van der Waals surface area contributed by atoms with Gasteiger partial charge >= 0.3 is 0 Å². The Balaban J connectivity index is 1.97. The zero-order valence-corrected chi connectivity index (χ0v) is 19.3. The highest BCUT2D eigenvalue weighted by atomic mass is 32.2. The van der Waals surface area contributed by atoms with Crippen LogP contribution < -0.4 is 10.2 Å². The van der Waals surface area contributed by atoms with Crippen LogP contribution in [0.25, 0.3) is 0 Å². The fourth-order valence-electron chi connectivity index (χ4n) is 3.84. The molecule has 1 saturated heterocycles. The predicted octanol–water partition coefficient (Wildman–Crippen LogP) is 2.46. The van der Waals surface area contributed by atoms with Gasteiger partial charge in [0.05, 0.1) is 12.3 Å². The SMILES string of the molecule is CCc1cccc(N2C(=O)CN(S(=O)(=O)CC)C[C@]2(C)C(=O)NCc2ccc(F)cc2)c1. The standard InChI is InChI=1S/C23H28FN3O4S/c1-4-17-7-6-8-20(13-17)27-21(28)15-26(32(30,31)5-2)16-23(27,3)22(29)25-14-18-9-11-19(24)12-10-18/h6-13H,4-5,14-16H2,1-3H3,(H,25,29)/t23-/m1/s1. The zero-order chi connectivity index (χ0) is 23.5. The van der Waals surface area contributed by atoms with E-state index in [1.165, 1.54) is 24.0 Å². The van der Waals surface area contributed by atoms with Crippen LogP contribution in [-0.4, -0.2) is 48.9 Å². The number of nitrogens with zero attached hydrogens (tertiary/aromatic N) is 2. The second kappa shape index (κ2) is 9.38. The molecule has 0 radical (unpaired) electrons. The molecule has 32 heavy (non-hydrogen) atoms. The number of piperazine rings is 1. The van der Waals surface area contributed by atoms with Crippen LogP contribution in [0.4, 0.5) is 10.1 Å². The van der Waals surface area contributed by atoms with Crippen molar-refractivity contribution in [3.63, 3.8) is 0 Å². The van der Waals surface area contributed by atoms with E-state index >= 15 is 0 Å². The van der Waals surface area contributed by atoms with Crippen LogP contribution in [0.1, 0.15) is 31.9 Å². The first-order valence-corrected chi connectivity index (χ1v) is 12.1. The zero-order valence-electron chi connectivity index (χ0n) is 18.5. The fraction of sp³-hybridized carbons (Fsp3) is 0.391. The molecule has 9 heteroatoms. The van der Waals surface area contributed by atoms with Gasteiger partial charge in [-0.15, -0.1) is 0 Å². The van der Waals surface area contributed by atoms with Crippen LogP contribution in [0.2, 0.25) is 0 Å². The van der Waals surface area contributed by atoms with Gasteiger partial charge in [-0.25, -0.2) is 12.8 Å². The van der Waals surface area contributed by atoms with Crippen molar-refractivity contribution in [1.82, 2.24) is 9.62 Å². The van der Waals surface area contributed by atoms with Crippen molar-refractivity contribution in [3.8, 4) is 0 Å². The van der Waals surface area contributed by atoms with Gasteiger partial charge in [0, 0.05) is 18.8 Å². The Hall–Kier alpha value is -2.78. The molecule has 7 nitrogen and oxygen atoms in total. The number of nitrogens with one attached hydrogen (secondary N) is 1. The summed E-state index contributed by atoms with van der Waals surface area (Å²) < 4.78 is 39.4. The number of carbonyl (C=O) groups is 2. The molecule has 0 spiro atoms. The quantitative estimate of drug-likeness (QED) is 0.686. The lowest BCUT2D eigenvalue weighted by molar-refractivity contribution is -0.133. The van der Waals surface area contributed by atoms with Crippen LogP contribution in [0.5, 0.6) is 0 Å². The highest BCUT2D eigenvalue weighted by Crippen LogP contribution is 2.31. The molecule has 1 fully saturated rings. The minimum Gasteiger partial charge on any atom is -0.350 e. The maximum absolute atomic E-state index is 13.4. The molecule has 2 aromatic carbocycles. The first-order valence-electron chi connectivity index (χ1n) is 10.5. The van der Waals surface area contributed by atoms with E-state index in [0.29, 0.717) is 11.3 Å². The second-order valence-electron chi connectivity index (χ2n) is 8.00. The number of sulfonamides is 1. The van der Waals surface area contributed by atoms with E-state index in [2.05, 4.69) is 5.32 Å². The van der Waals surface area contributed by atoms with Gasteiger partial charge in [0.25, 0.3) is 0 Å². The van der Waals surface area contributed by atoms with Crippen LogP contribution in [0.15, 0.2) is 48.5 Å². The summed E-state index contributed by atoms with van der Waals surface area (Å²) in [5.74, 6) is -1.51. The molecule has 0 bridgehead atoms. The number of halogens is 1. The van der Waals surface area contributed by atoms with E-state index in [9.17, 15) is 22.4 Å². The van der Waals surface area contributed by atoms with Crippen LogP contribution in [-0.2, 0) is 32.6 Å². The van der Waals surface area contributed by atoms with Crippen molar-refractivity contribution in [2.75, 3.05) is 23.7 Å². The average molecular weight is 462 g/mol. The van der Waals surface area contributed by atoms with Crippen molar-refractivity contribution in [2.24, 2.45) is 0 Å². The summed E-state index contributed by atoms with van der Waals surface area (Å²) in [6.45, 7) is 4.69. The third kappa shape index (κ3) is 4.83. The van der Waals surface area contributed by atoms with Gasteiger partial charge in [-0.2, -0.15) is 4.31 Å². The number of hydrogen-bond donors (Lipinski definition) is 1. The lowest BCUT2D eigenvalue weighted by atomic mass is 9.94. The number of carbonyl (C=O) groups excluding carboxylic acids is 2. The minimum atomic E-state index is -3.68. The maximum atomic E-state index is 13.4. The third-order valence-corrected chi connectivity index (χ3v) is 7.50. The van der Waals surface area contributed by atoms with Crippen molar-refractivity contribution in [3.05, 3.63) is 65.5 Å². The number of rotatable bonds is 7. The molecular formula is C23H28FN3O4S. The highest BCUT2D eigenvalue weighted by molar-refractivity contribution is 7.89. The lowest BCUT2D eigenvalue weighted by Crippen LogP contribution is -2.70. The molecule has 3 rings (SSSR count). The molecule has 1 heterocycles. The van der Waals surface area contributed by atoms with Gasteiger partial charge in [-0.3, -0.25) is 14.5 Å². The molecule has 0 saturated carbocycles. The van der Waals surface area contributed by atoms with Crippen molar-refractivity contribution < 1.29 is 22.4 Å². The van der Waals surface area contributed by atoms with Crippen LogP contribution >= 0.6 is 0 Å². The smallest absolute Gasteiger partial charge is 0.247 e. The van der Waals surface area contributed by atoms with Gasteiger partial charge in [0.1, 0.15) is 11.4 Å². The monoisotopic (exact) mass is 461 g/mol. The minimum absolute atomic E-state index is 0.117. The van der Waals surface area contributed by atoms with Crippen molar-refractivity contribution in [2.45, 2.75) is 39.3 Å².